The predicted molar refractivity (Wildman–Crippen MR) is 104 cm³/mol. The fraction of sp³-hybridized carbons (Fsp3) is 0.895. The maximum atomic E-state index is 12.5. The number of carbonyl (C=O) groups excluding carboxylic acids is 2. The molecule has 2 rings (SSSR count). The molecule has 0 aromatic heterocycles. The lowest BCUT2D eigenvalue weighted by molar-refractivity contribution is -0.136. The molecule has 0 radical (unpaired) electrons. The van der Waals surface area contributed by atoms with Crippen LogP contribution in [0.25, 0.3) is 0 Å². The third-order valence-corrected chi connectivity index (χ3v) is 5.73. The van der Waals surface area contributed by atoms with E-state index in [0.29, 0.717) is 18.3 Å². The first kappa shape index (κ1) is 22.2. The van der Waals surface area contributed by atoms with Gasteiger partial charge in [-0.25, -0.2) is 0 Å². The average Bonchev–Trinajstić information content (AvgIpc) is 2.62. The zero-order chi connectivity index (χ0) is 17.4. The van der Waals surface area contributed by atoms with Crippen LogP contribution in [0.1, 0.15) is 58.8 Å². The summed E-state index contributed by atoms with van der Waals surface area (Å²) < 4.78 is 0. The van der Waals surface area contributed by atoms with E-state index < -0.39 is 0 Å². The molecular formula is C19H36ClN3O2. The standard InChI is InChI=1S/C19H35N3O2.ClH/c1-3-4-9-21-19(24)17-7-12-22(13-8-17)18(23)14-15(2)16-5-10-20-11-6-16;/h15-17,20H,3-14H2,1-2H3,(H,21,24);1H. The van der Waals surface area contributed by atoms with Crippen molar-refractivity contribution < 1.29 is 9.59 Å². The number of hydrogen-bond acceptors (Lipinski definition) is 3. The van der Waals surface area contributed by atoms with Crippen molar-refractivity contribution in [2.75, 3.05) is 32.7 Å². The topological polar surface area (TPSA) is 61.4 Å². The Morgan fingerprint density at radius 1 is 1.16 bits per heavy atom. The van der Waals surface area contributed by atoms with Gasteiger partial charge < -0.3 is 15.5 Å². The van der Waals surface area contributed by atoms with Gasteiger partial charge in [0.25, 0.3) is 0 Å². The van der Waals surface area contributed by atoms with Crippen molar-refractivity contribution in [3.63, 3.8) is 0 Å². The summed E-state index contributed by atoms with van der Waals surface area (Å²) >= 11 is 0. The molecule has 2 fully saturated rings. The summed E-state index contributed by atoms with van der Waals surface area (Å²) in [6.45, 7) is 8.78. The molecule has 25 heavy (non-hydrogen) atoms. The molecule has 6 heteroatoms. The minimum Gasteiger partial charge on any atom is -0.356 e. The van der Waals surface area contributed by atoms with E-state index >= 15 is 0 Å². The Balaban J connectivity index is 0.00000312. The lowest BCUT2D eigenvalue weighted by Crippen LogP contribution is -2.44. The lowest BCUT2D eigenvalue weighted by Gasteiger charge is -2.34. The number of hydrogen-bond donors (Lipinski definition) is 2. The van der Waals surface area contributed by atoms with Crippen LogP contribution in [0.2, 0.25) is 0 Å². The zero-order valence-electron chi connectivity index (χ0n) is 15.9. The second-order valence-electron chi connectivity index (χ2n) is 7.57. The van der Waals surface area contributed by atoms with Gasteiger partial charge in [0, 0.05) is 32.0 Å². The Morgan fingerprint density at radius 3 is 2.40 bits per heavy atom. The van der Waals surface area contributed by atoms with Crippen molar-refractivity contribution in [2.45, 2.75) is 58.8 Å². The van der Waals surface area contributed by atoms with Crippen LogP contribution < -0.4 is 10.6 Å². The van der Waals surface area contributed by atoms with E-state index in [1.807, 2.05) is 4.90 Å². The number of likely N-dealkylation sites (tertiary alicyclic amines) is 1. The van der Waals surface area contributed by atoms with Gasteiger partial charge in [-0.15, -0.1) is 12.4 Å². The maximum Gasteiger partial charge on any atom is 0.223 e. The molecular weight excluding hydrogens is 338 g/mol. The van der Waals surface area contributed by atoms with E-state index in [1.54, 1.807) is 0 Å². The molecule has 1 unspecified atom stereocenters. The third-order valence-electron chi connectivity index (χ3n) is 5.73. The van der Waals surface area contributed by atoms with E-state index in [2.05, 4.69) is 24.5 Å². The first-order valence-corrected chi connectivity index (χ1v) is 9.88. The second kappa shape index (κ2) is 11.7. The first-order valence-electron chi connectivity index (χ1n) is 9.88. The molecule has 0 spiro atoms. The molecule has 146 valence electrons. The molecule has 2 aliphatic rings. The zero-order valence-corrected chi connectivity index (χ0v) is 16.7. The highest BCUT2D eigenvalue weighted by Gasteiger charge is 2.29. The van der Waals surface area contributed by atoms with Gasteiger partial charge in [-0.3, -0.25) is 9.59 Å². The molecule has 0 aromatic rings. The van der Waals surface area contributed by atoms with Crippen molar-refractivity contribution in [1.82, 2.24) is 15.5 Å². The first-order chi connectivity index (χ1) is 11.6. The Bertz CT molecular complexity index is 405. The van der Waals surface area contributed by atoms with Crippen LogP contribution in [0.4, 0.5) is 0 Å². The Hall–Kier alpha value is -0.810. The summed E-state index contributed by atoms with van der Waals surface area (Å²) in [5.41, 5.74) is 0. The Morgan fingerprint density at radius 2 is 1.80 bits per heavy atom. The molecule has 2 heterocycles. The van der Waals surface area contributed by atoms with Crippen molar-refractivity contribution in [1.29, 1.82) is 0 Å². The molecule has 2 aliphatic heterocycles. The fourth-order valence-electron chi connectivity index (χ4n) is 3.91. The molecule has 2 N–H and O–H groups in total. The summed E-state index contributed by atoms with van der Waals surface area (Å²) in [5, 5.41) is 6.41. The number of carbonyl (C=O) groups is 2. The van der Waals surface area contributed by atoms with Gasteiger partial charge in [0.15, 0.2) is 0 Å². The van der Waals surface area contributed by atoms with Crippen LogP contribution in [0.5, 0.6) is 0 Å². The van der Waals surface area contributed by atoms with Gasteiger partial charge >= 0.3 is 0 Å². The molecule has 0 bridgehead atoms. The molecule has 0 aliphatic carbocycles. The van der Waals surface area contributed by atoms with Crippen molar-refractivity contribution in [3.05, 3.63) is 0 Å². The van der Waals surface area contributed by atoms with E-state index in [9.17, 15) is 9.59 Å². The number of rotatable bonds is 7. The number of unbranched alkanes of at least 4 members (excludes halogenated alkanes) is 1. The SMILES string of the molecule is CCCCNC(=O)C1CCN(C(=O)CC(C)C2CCNCC2)CC1.Cl. The minimum atomic E-state index is 0. The van der Waals surface area contributed by atoms with Crippen LogP contribution in [-0.4, -0.2) is 49.4 Å². The van der Waals surface area contributed by atoms with E-state index in [-0.39, 0.29) is 30.1 Å². The van der Waals surface area contributed by atoms with Crippen molar-refractivity contribution in [3.8, 4) is 0 Å². The summed E-state index contributed by atoms with van der Waals surface area (Å²) in [5.74, 6) is 1.70. The van der Waals surface area contributed by atoms with Gasteiger partial charge in [-0.05, 0) is 57.0 Å². The number of nitrogens with one attached hydrogen (secondary N) is 2. The Kier molecular flexibility index (Phi) is 10.4. The van der Waals surface area contributed by atoms with Crippen LogP contribution in [0.15, 0.2) is 0 Å². The summed E-state index contributed by atoms with van der Waals surface area (Å²) in [6, 6.07) is 0. The monoisotopic (exact) mass is 373 g/mol. The highest BCUT2D eigenvalue weighted by Crippen LogP contribution is 2.26. The van der Waals surface area contributed by atoms with Crippen LogP contribution in [0, 0.1) is 17.8 Å². The number of amides is 2. The summed E-state index contributed by atoms with van der Waals surface area (Å²) in [6.07, 6.45) is 6.80. The smallest absolute Gasteiger partial charge is 0.223 e. The lowest BCUT2D eigenvalue weighted by atomic mass is 9.83. The number of halogens is 1. The highest BCUT2D eigenvalue weighted by molar-refractivity contribution is 5.85. The summed E-state index contributed by atoms with van der Waals surface area (Å²) in [7, 11) is 0. The van der Waals surface area contributed by atoms with Crippen molar-refractivity contribution in [2.24, 2.45) is 17.8 Å². The molecule has 1 atom stereocenters. The molecule has 2 amide bonds. The van der Waals surface area contributed by atoms with E-state index in [4.69, 9.17) is 0 Å². The minimum absolute atomic E-state index is 0. The average molecular weight is 374 g/mol. The van der Waals surface area contributed by atoms with Gasteiger partial charge in [0.2, 0.25) is 11.8 Å². The maximum absolute atomic E-state index is 12.5. The van der Waals surface area contributed by atoms with Crippen LogP contribution in [-0.2, 0) is 9.59 Å². The highest BCUT2D eigenvalue weighted by atomic mass is 35.5. The summed E-state index contributed by atoms with van der Waals surface area (Å²) in [4.78, 5) is 26.6. The predicted octanol–water partition coefficient (Wildman–Crippen LogP) is 2.59. The fourth-order valence-corrected chi connectivity index (χ4v) is 3.91. The quantitative estimate of drug-likeness (QED) is 0.674. The second-order valence-corrected chi connectivity index (χ2v) is 7.57. The van der Waals surface area contributed by atoms with Crippen LogP contribution in [0.3, 0.4) is 0 Å². The van der Waals surface area contributed by atoms with Crippen LogP contribution >= 0.6 is 12.4 Å². The van der Waals surface area contributed by atoms with Crippen molar-refractivity contribution >= 4 is 24.2 Å². The molecule has 2 saturated heterocycles. The van der Waals surface area contributed by atoms with Gasteiger partial charge in [-0.1, -0.05) is 20.3 Å². The molecule has 0 aromatic carbocycles. The van der Waals surface area contributed by atoms with Gasteiger partial charge in [0.05, 0.1) is 0 Å². The van der Waals surface area contributed by atoms with E-state index in [0.717, 1.165) is 58.4 Å². The molecule has 5 nitrogen and oxygen atoms in total. The number of piperidine rings is 2. The number of nitrogens with zero attached hydrogens (tertiary/aromatic N) is 1. The van der Waals surface area contributed by atoms with E-state index in [1.165, 1.54) is 12.8 Å². The largest absolute Gasteiger partial charge is 0.356 e. The normalized spacial score (nSPS) is 20.6. The van der Waals surface area contributed by atoms with Gasteiger partial charge in [0.1, 0.15) is 0 Å². The third kappa shape index (κ3) is 7.14. The molecule has 0 saturated carbocycles. The Labute approximate surface area is 159 Å². The van der Waals surface area contributed by atoms with Gasteiger partial charge in [-0.2, -0.15) is 0 Å².